The number of hydrogen-bond donors (Lipinski definition) is 1. The van der Waals surface area contributed by atoms with E-state index in [1.807, 2.05) is 30.3 Å². The van der Waals surface area contributed by atoms with Crippen molar-refractivity contribution in [1.29, 1.82) is 0 Å². The zero-order valence-electron chi connectivity index (χ0n) is 12.3. The molecule has 22 heavy (non-hydrogen) atoms. The first-order valence-electron chi connectivity index (χ1n) is 7.19. The van der Waals surface area contributed by atoms with Gasteiger partial charge in [-0.15, -0.1) is 0 Å². The minimum atomic E-state index is -0.348. The third-order valence-corrected chi connectivity index (χ3v) is 3.75. The number of imide groups is 1. The van der Waals surface area contributed by atoms with Gasteiger partial charge in [-0.25, -0.2) is 4.98 Å². The molecule has 0 bridgehead atoms. The van der Waals surface area contributed by atoms with E-state index < -0.39 is 0 Å². The van der Waals surface area contributed by atoms with Crippen LogP contribution in [-0.2, 0) is 16.1 Å². The van der Waals surface area contributed by atoms with Crippen LogP contribution >= 0.6 is 0 Å². The van der Waals surface area contributed by atoms with Crippen LogP contribution in [0.1, 0.15) is 18.5 Å². The standard InChI is InChI=1S/C16H17N3O3/c1-19-14(20)8-7-13(16(19)21)17-9-12-10-22-15(18-12)11-5-3-2-4-6-11/h2-6,10,13,17H,7-9H2,1H3. The van der Waals surface area contributed by atoms with Gasteiger partial charge in [0.05, 0.1) is 11.7 Å². The van der Waals surface area contributed by atoms with Crippen molar-refractivity contribution in [2.75, 3.05) is 7.05 Å². The third kappa shape index (κ3) is 2.92. The zero-order chi connectivity index (χ0) is 15.5. The number of likely N-dealkylation sites (tertiary alicyclic amines) is 1. The van der Waals surface area contributed by atoms with Crippen LogP contribution in [-0.4, -0.2) is 34.8 Å². The summed E-state index contributed by atoms with van der Waals surface area (Å²) < 4.78 is 5.46. The summed E-state index contributed by atoms with van der Waals surface area (Å²) in [6.07, 6.45) is 2.48. The molecule has 2 heterocycles. The van der Waals surface area contributed by atoms with E-state index in [0.717, 1.165) is 11.3 Å². The first-order chi connectivity index (χ1) is 10.6. The predicted molar refractivity (Wildman–Crippen MR) is 79.6 cm³/mol. The molecule has 1 saturated heterocycles. The summed E-state index contributed by atoms with van der Waals surface area (Å²) in [5.74, 6) is 0.235. The number of carbonyl (C=O) groups is 2. The normalized spacial score (nSPS) is 18.8. The second-order valence-electron chi connectivity index (χ2n) is 5.27. The fraction of sp³-hybridized carbons (Fsp3) is 0.312. The minimum Gasteiger partial charge on any atom is -0.444 e. The lowest BCUT2D eigenvalue weighted by atomic mass is 10.0. The first-order valence-corrected chi connectivity index (χ1v) is 7.19. The lowest BCUT2D eigenvalue weighted by Gasteiger charge is -2.28. The molecule has 0 spiro atoms. The smallest absolute Gasteiger partial charge is 0.246 e. The van der Waals surface area contributed by atoms with E-state index in [4.69, 9.17) is 4.42 Å². The zero-order valence-corrected chi connectivity index (χ0v) is 12.3. The van der Waals surface area contributed by atoms with E-state index in [9.17, 15) is 9.59 Å². The van der Waals surface area contributed by atoms with Gasteiger partial charge in [0.2, 0.25) is 17.7 Å². The maximum absolute atomic E-state index is 12.0. The molecule has 2 aromatic rings. The van der Waals surface area contributed by atoms with Crippen LogP contribution in [0.2, 0.25) is 0 Å². The Hall–Kier alpha value is -2.47. The second kappa shape index (κ2) is 6.11. The Bertz CT molecular complexity index is 681. The highest BCUT2D eigenvalue weighted by atomic mass is 16.3. The van der Waals surface area contributed by atoms with Crippen molar-refractivity contribution in [3.8, 4) is 11.5 Å². The van der Waals surface area contributed by atoms with Crippen LogP contribution in [0.5, 0.6) is 0 Å². The molecular formula is C16H17N3O3. The Kier molecular flexibility index (Phi) is 4.02. The van der Waals surface area contributed by atoms with Gasteiger partial charge in [-0.1, -0.05) is 18.2 Å². The van der Waals surface area contributed by atoms with Gasteiger partial charge in [0, 0.05) is 25.6 Å². The SMILES string of the molecule is CN1C(=O)CCC(NCc2coc(-c3ccccc3)n2)C1=O. The van der Waals surface area contributed by atoms with Gasteiger partial charge in [-0.3, -0.25) is 14.5 Å². The molecule has 1 aliphatic rings. The van der Waals surface area contributed by atoms with Gasteiger partial charge in [0.15, 0.2) is 0 Å². The van der Waals surface area contributed by atoms with E-state index in [1.54, 1.807) is 6.26 Å². The van der Waals surface area contributed by atoms with E-state index in [1.165, 1.54) is 11.9 Å². The van der Waals surface area contributed by atoms with Crippen molar-refractivity contribution >= 4 is 11.8 Å². The predicted octanol–water partition coefficient (Wildman–Crippen LogP) is 1.58. The van der Waals surface area contributed by atoms with Crippen LogP contribution in [0.25, 0.3) is 11.5 Å². The number of amides is 2. The van der Waals surface area contributed by atoms with Gasteiger partial charge in [-0.2, -0.15) is 0 Å². The minimum absolute atomic E-state index is 0.129. The van der Waals surface area contributed by atoms with Crippen LogP contribution in [0.15, 0.2) is 41.0 Å². The molecule has 1 aromatic carbocycles. The molecule has 1 unspecified atom stereocenters. The topological polar surface area (TPSA) is 75.4 Å². The van der Waals surface area contributed by atoms with Crippen LogP contribution < -0.4 is 5.32 Å². The maximum atomic E-state index is 12.0. The second-order valence-corrected chi connectivity index (χ2v) is 5.27. The highest BCUT2D eigenvalue weighted by molar-refractivity contribution is 6.00. The summed E-state index contributed by atoms with van der Waals surface area (Å²) >= 11 is 0. The fourth-order valence-corrected chi connectivity index (χ4v) is 2.43. The number of benzene rings is 1. The number of hydrogen-bond acceptors (Lipinski definition) is 5. The van der Waals surface area contributed by atoms with E-state index >= 15 is 0 Å². The Morgan fingerprint density at radius 2 is 2.09 bits per heavy atom. The molecule has 114 valence electrons. The monoisotopic (exact) mass is 299 g/mol. The van der Waals surface area contributed by atoms with Crippen molar-refractivity contribution in [2.45, 2.75) is 25.4 Å². The van der Waals surface area contributed by atoms with Crippen LogP contribution in [0, 0.1) is 0 Å². The molecule has 1 aliphatic heterocycles. The molecule has 1 atom stereocenters. The number of oxazole rings is 1. The van der Waals surface area contributed by atoms with Crippen molar-refractivity contribution in [1.82, 2.24) is 15.2 Å². The Balaban J connectivity index is 1.62. The van der Waals surface area contributed by atoms with Gasteiger partial charge in [0.1, 0.15) is 6.26 Å². The van der Waals surface area contributed by atoms with E-state index in [0.29, 0.717) is 25.3 Å². The fourth-order valence-electron chi connectivity index (χ4n) is 2.43. The largest absolute Gasteiger partial charge is 0.444 e. The number of piperidine rings is 1. The molecule has 0 saturated carbocycles. The summed E-state index contributed by atoms with van der Waals surface area (Å²) in [5, 5.41) is 3.14. The van der Waals surface area contributed by atoms with E-state index in [2.05, 4.69) is 10.3 Å². The van der Waals surface area contributed by atoms with Gasteiger partial charge in [0.25, 0.3) is 0 Å². The highest BCUT2D eigenvalue weighted by Gasteiger charge is 2.31. The number of carbonyl (C=O) groups excluding carboxylic acids is 2. The Labute approximate surface area is 128 Å². The molecular weight excluding hydrogens is 282 g/mol. The molecule has 1 fully saturated rings. The first kappa shape index (κ1) is 14.5. The Morgan fingerprint density at radius 3 is 2.86 bits per heavy atom. The lowest BCUT2D eigenvalue weighted by Crippen LogP contribution is -2.51. The van der Waals surface area contributed by atoms with Gasteiger partial charge >= 0.3 is 0 Å². The quantitative estimate of drug-likeness (QED) is 0.868. The van der Waals surface area contributed by atoms with Crippen molar-refractivity contribution < 1.29 is 14.0 Å². The molecule has 0 aliphatic carbocycles. The number of nitrogens with one attached hydrogen (secondary N) is 1. The molecule has 6 heteroatoms. The summed E-state index contributed by atoms with van der Waals surface area (Å²) in [4.78, 5) is 29.0. The van der Waals surface area contributed by atoms with Crippen LogP contribution in [0.3, 0.4) is 0 Å². The van der Waals surface area contributed by atoms with Crippen molar-refractivity contribution in [3.63, 3.8) is 0 Å². The third-order valence-electron chi connectivity index (χ3n) is 3.75. The average Bonchev–Trinajstić information content (AvgIpc) is 3.02. The molecule has 1 aromatic heterocycles. The molecule has 3 rings (SSSR count). The molecule has 1 N–H and O–H groups in total. The molecule has 2 amide bonds. The summed E-state index contributed by atoms with van der Waals surface area (Å²) in [6.45, 7) is 0.425. The number of aromatic nitrogens is 1. The summed E-state index contributed by atoms with van der Waals surface area (Å²) in [7, 11) is 1.52. The van der Waals surface area contributed by atoms with Gasteiger partial charge in [-0.05, 0) is 18.6 Å². The van der Waals surface area contributed by atoms with E-state index in [-0.39, 0.29) is 17.9 Å². The summed E-state index contributed by atoms with van der Waals surface area (Å²) in [5.41, 5.74) is 1.64. The number of rotatable bonds is 4. The highest BCUT2D eigenvalue weighted by Crippen LogP contribution is 2.18. The van der Waals surface area contributed by atoms with Crippen molar-refractivity contribution in [3.05, 3.63) is 42.3 Å². The van der Waals surface area contributed by atoms with Crippen LogP contribution in [0.4, 0.5) is 0 Å². The lowest BCUT2D eigenvalue weighted by molar-refractivity contribution is -0.148. The molecule has 0 radical (unpaired) electrons. The maximum Gasteiger partial charge on any atom is 0.246 e. The number of likely N-dealkylation sites (N-methyl/N-ethyl adjacent to an activating group) is 1. The van der Waals surface area contributed by atoms with Crippen molar-refractivity contribution in [2.24, 2.45) is 0 Å². The average molecular weight is 299 g/mol. The Morgan fingerprint density at radius 1 is 1.32 bits per heavy atom. The number of nitrogens with zero attached hydrogens (tertiary/aromatic N) is 2. The summed E-state index contributed by atoms with van der Waals surface area (Å²) in [6, 6.07) is 9.28. The van der Waals surface area contributed by atoms with Gasteiger partial charge < -0.3 is 9.73 Å². The molecule has 6 nitrogen and oxygen atoms in total.